The van der Waals surface area contributed by atoms with Gasteiger partial charge < -0.3 is 20.1 Å². The van der Waals surface area contributed by atoms with E-state index in [0.29, 0.717) is 21.1 Å². The summed E-state index contributed by atoms with van der Waals surface area (Å²) >= 11 is 4.07. The molecule has 0 aromatic carbocycles. The smallest absolute Gasteiger partial charge is 0.341 e. The molecular formula is C26H32N2O6S3. The summed E-state index contributed by atoms with van der Waals surface area (Å²) in [5, 5.41) is 6.80. The zero-order valence-corrected chi connectivity index (χ0v) is 23.6. The fourth-order valence-corrected chi connectivity index (χ4v) is 7.91. The third-order valence-electron chi connectivity index (χ3n) is 6.27. The van der Waals surface area contributed by atoms with Crippen LogP contribution in [-0.2, 0) is 44.7 Å². The zero-order valence-electron chi connectivity index (χ0n) is 21.2. The Bertz CT molecular complexity index is 1100. The van der Waals surface area contributed by atoms with Crippen LogP contribution in [0.3, 0.4) is 0 Å². The number of hydrogen-bond acceptors (Lipinski definition) is 9. The Kier molecular flexibility index (Phi) is 9.66. The van der Waals surface area contributed by atoms with E-state index in [1.54, 1.807) is 13.8 Å². The standard InChI is InChI=1S/C26H32N2O6S3/c1-3-33-25(31)21-15-9-5-7-11-17(15)36-23(21)27-19(29)13-35-14-20(30)28-24-22(26(32)34-4-2)16-10-6-8-12-18(16)37-24/h3-14H2,1-2H3,(H,27,29)(H,28,30). The van der Waals surface area contributed by atoms with Crippen LogP contribution in [0.4, 0.5) is 10.0 Å². The molecule has 0 spiro atoms. The van der Waals surface area contributed by atoms with Gasteiger partial charge in [-0.1, -0.05) is 0 Å². The summed E-state index contributed by atoms with van der Waals surface area (Å²) in [7, 11) is 0. The second kappa shape index (κ2) is 12.9. The predicted molar refractivity (Wildman–Crippen MR) is 148 cm³/mol. The van der Waals surface area contributed by atoms with Crippen molar-refractivity contribution in [1.29, 1.82) is 0 Å². The van der Waals surface area contributed by atoms with Gasteiger partial charge in [0.15, 0.2) is 0 Å². The van der Waals surface area contributed by atoms with Gasteiger partial charge in [-0.15, -0.1) is 34.4 Å². The van der Waals surface area contributed by atoms with E-state index < -0.39 is 11.9 Å². The van der Waals surface area contributed by atoms with Crippen molar-refractivity contribution >= 4 is 68.2 Å². The maximum atomic E-state index is 12.7. The Morgan fingerprint density at radius 1 is 0.703 bits per heavy atom. The molecular weight excluding hydrogens is 532 g/mol. The Hall–Kier alpha value is -2.37. The molecule has 2 N–H and O–H groups in total. The van der Waals surface area contributed by atoms with Crippen LogP contribution in [0, 0.1) is 0 Å². The molecule has 0 bridgehead atoms. The number of carbonyl (C=O) groups excluding carboxylic acids is 4. The summed E-state index contributed by atoms with van der Waals surface area (Å²) in [6.45, 7) is 4.06. The lowest BCUT2D eigenvalue weighted by Crippen LogP contribution is -2.20. The summed E-state index contributed by atoms with van der Waals surface area (Å²) in [6, 6.07) is 0. The molecule has 0 aliphatic heterocycles. The van der Waals surface area contributed by atoms with E-state index in [9.17, 15) is 19.2 Å². The Balaban J connectivity index is 1.35. The second-order valence-electron chi connectivity index (χ2n) is 8.86. The van der Waals surface area contributed by atoms with Gasteiger partial charge in [-0.3, -0.25) is 9.59 Å². The molecule has 0 saturated heterocycles. The molecule has 4 rings (SSSR count). The highest BCUT2D eigenvalue weighted by atomic mass is 32.2. The molecule has 8 nitrogen and oxygen atoms in total. The number of thiophene rings is 2. The summed E-state index contributed by atoms with van der Waals surface area (Å²) in [5.74, 6) is -1.24. The lowest BCUT2D eigenvalue weighted by Gasteiger charge is -2.12. The van der Waals surface area contributed by atoms with E-state index in [4.69, 9.17) is 9.47 Å². The van der Waals surface area contributed by atoms with E-state index in [2.05, 4.69) is 10.6 Å². The van der Waals surface area contributed by atoms with Crippen LogP contribution >= 0.6 is 34.4 Å². The van der Waals surface area contributed by atoms with Crippen LogP contribution in [0.25, 0.3) is 0 Å². The quantitative estimate of drug-likeness (QED) is 0.380. The van der Waals surface area contributed by atoms with Crippen molar-refractivity contribution in [3.63, 3.8) is 0 Å². The van der Waals surface area contributed by atoms with Gasteiger partial charge in [-0.2, -0.15) is 0 Å². The van der Waals surface area contributed by atoms with Crippen molar-refractivity contribution in [2.24, 2.45) is 0 Å². The first-order valence-electron chi connectivity index (χ1n) is 12.7. The molecule has 0 radical (unpaired) electrons. The van der Waals surface area contributed by atoms with Gasteiger partial charge >= 0.3 is 11.9 Å². The van der Waals surface area contributed by atoms with Gasteiger partial charge in [-0.25, -0.2) is 9.59 Å². The monoisotopic (exact) mass is 564 g/mol. The van der Waals surface area contributed by atoms with Gasteiger partial charge in [-0.05, 0) is 76.3 Å². The minimum absolute atomic E-state index is 0.0595. The Morgan fingerprint density at radius 3 is 1.51 bits per heavy atom. The van der Waals surface area contributed by atoms with E-state index in [-0.39, 0.29) is 36.5 Å². The van der Waals surface area contributed by atoms with Crippen LogP contribution in [0.2, 0.25) is 0 Å². The predicted octanol–water partition coefficient (Wildman–Crippen LogP) is 5.23. The number of amides is 2. The van der Waals surface area contributed by atoms with Crippen molar-refractivity contribution < 1.29 is 28.7 Å². The fraction of sp³-hybridized carbons (Fsp3) is 0.538. The minimum Gasteiger partial charge on any atom is -0.462 e. The first-order valence-corrected chi connectivity index (χ1v) is 15.5. The van der Waals surface area contributed by atoms with Crippen LogP contribution in [-0.4, -0.2) is 48.5 Å². The average molecular weight is 565 g/mol. The molecule has 0 saturated carbocycles. The first-order chi connectivity index (χ1) is 17.9. The zero-order chi connectivity index (χ0) is 26.4. The number of esters is 2. The molecule has 37 heavy (non-hydrogen) atoms. The van der Waals surface area contributed by atoms with Gasteiger partial charge in [0.2, 0.25) is 11.8 Å². The number of hydrogen-bond donors (Lipinski definition) is 2. The number of aryl methyl sites for hydroxylation is 2. The highest BCUT2D eigenvalue weighted by Gasteiger charge is 2.28. The molecule has 2 aliphatic carbocycles. The van der Waals surface area contributed by atoms with Crippen LogP contribution in [0.15, 0.2) is 0 Å². The molecule has 0 atom stereocenters. The van der Waals surface area contributed by atoms with Crippen molar-refractivity contribution in [2.75, 3.05) is 35.4 Å². The maximum Gasteiger partial charge on any atom is 0.341 e. The third-order valence-corrected chi connectivity index (χ3v) is 9.62. The lowest BCUT2D eigenvalue weighted by atomic mass is 9.95. The first kappa shape index (κ1) is 27.7. The average Bonchev–Trinajstić information content (AvgIpc) is 3.41. The van der Waals surface area contributed by atoms with Gasteiger partial charge in [0, 0.05) is 9.75 Å². The third kappa shape index (κ3) is 6.56. The van der Waals surface area contributed by atoms with Crippen LogP contribution in [0.1, 0.15) is 81.1 Å². The van der Waals surface area contributed by atoms with E-state index in [1.807, 2.05) is 0 Å². The second-order valence-corrected chi connectivity index (χ2v) is 12.1. The summed E-state index contributed by atoms with van der Waals surface area (Å²) in [6.07, 6.45) is 7.58. The normalized spacial score (nSPS) is 14.3. The van der Waals surface area contributed by atoms with Crippen molar-refractivity contribution in [2.45, 2.75) is 65.2 Å². The van der Waals surface area contributed by atoms with Crippen molar-refractivity contribution in [1.82, 2.24) is 0 Å². The summed E-state index contributed by atoms with van der Waals surface area (Å²) < 4.78 is 10.5. The van der Waals surface area contributed by atoms with E-state index in [1.165, 1.54) is 34.4 Å². The molecule has 2 heterocycles. The molecule has 11 heteroatoms. The van der Waals surface area contributed by atoms with Crippen molar-refractivity contribution in [3.05, 3.63) is 32.0 Å². The highest BCUT2D eigenvalue weighted by molar-refractivity contribution is 8.00. The molecule has 0 fully saturated rings. The molecule has 2 aromatic rings. The number of nitrogens with one attached hydrogen (secondary N) is 2. The molecule has 2 aliphatic rings. The SMILES string of the molecule is CCOC(=O)c1c(NC(=O)CSCC(=O)Nc2sc3c(c2C(=O)OCC)CCCC3)sc2c1CCCC2. The van der Waals surface area contributed by atoms with Gasteiger partial charge in [0.05, 0.1) is 35.8 Å². The number of carbonyl (C=O) groups is 4. The molecule has 2 aromatic heterocycles. The fourth-order valence-electron chi connectivity index (χ4n) is 4.71. The summed E-state index contributed by atoms with van der Waals surface area (Å²) in [4.78, 5) is 52.8. The minimum atomic E-state index is -0.403. The Labute approximate surface area is 228 Å². The molecule has 0 unspecified atom stereocenters. The highest BCUT2D eigenvalue weighted by Crippen LogP contribution is 2.40. The lowest BCUT2D eigenvalue weighted by molar-refractivity contribution is -0.114. The van der Waals surface area contributed by atoms with E-state index >= 15 is 0 Å². The van der Waals surface area contributed by atoms with Gasteiger partial charge in [0.1, 0.15) is 10.0 Å². The molecule has 2 amide bonds. The van der Waals surface area contributed by atoms with Crippen LogP contribution in [0.5, 0.6) is 0 Å². The summed E-state index contributed by atoms with van der Waals surface area (Å²) in [5.41, 5.74) is 2.94. The number of rotatable bonds is 10. The number of fused-ring (bicyclic) bond motifs is 2. The largest absolute Gasteiger partial charge is 0.462 e. The Morgan fingerprint density at radius 2 is 1.11 bits per heavy atom. The van der Waals surface area contributed by atoms with E-state index in [0.717, 1.165) is 72.2 Å². The number of anilines is 2. The van der Waals surface area contributed by atoms with Crippen molar-refractivity contribution in [3.8, 4) is 0 Å². The number of ether oxygens (including phenoxy) is 2. The van der Waals surface area contributed by atoms with Crippen LogP contribution < -0.4 is 10.6 Å². The van der Waals surface area contributed by atoms with Gasteiger partial charge in [0.25, 0.3) is 0 Å². The maximum absolute atomic E-state index is 12.7. The molecule has 200 valence electrons. The number of thioether (sulfide) groups is 1. The topological polar surface area (TPSA) is 111 Å².